The number of imidazole rings is 1. The second kappa shape index (κ2) is 12.7. The average Bonchev–Trinajstić information content (AvgIpc) is 3.39. The van der Waals surface area contributed by atoms with E-state index in [2.05, 4.69) is 4.98 Å². The van der Waals surface area contributed by atoms with Crippen molar-refractivity contribution < 1.29 is 33.3 Å². The molecule has 0 radical (unpaired) electrons. The Labute approximate surface area is 238 Å². The predicted molar refractivity (Wildman–Crippen MR) is 150 cm³/mol. The van der Waals surface area contributed by atoms with Gasteiger partial charge in [0.15, 0.2) is 5.69 Å². The molecule has 1 aromatic heterocycles. The molecule has 11 heteroatoms. The van der Waals surface area contributed by atoms with Crippen LogP contribution in [0.15, 0.2) is 54.9 Å². The van der Waals surface area contributed by atoms with Gasteiger partial charge in [0.2, 0.25) is 0 Å². The fourth-order valence-electron chi connectivity index (χ4n) is 4.99. The average molecular weight is 569 g/mol. The molecule has 1 aliphatic heterocycles. The number of esters is 1. The number of carbonyl (C=O) groups is 2. The number of hydrogen-bond acceptors (Lipinski definition) is 8. The van der Waals surface area contributed by atoms with Crippen LogP contribution in [0.1, 0.15) is 50.3 Å². The highest BCUT2D eigenvalue weighted by molar-refractivity contribution is 5.94. The van der Waals surface area contributed by atoms with Gasteiger partial charge in [-0.3, -0.25) is 4.57 Å². The molecule has 2 atom stereocenters. The fourth-order valence-corrected chi connectivity index (χ4v) is 4.99. The Morgan fingerprint density at radius 2 is 1.66 bits per heavy atom. The van der Waals surface area contributed by atoms with Gasteiger partial charge in [-0.1, -0.05) is 0 Å². The maximum Gasteiger partial charge on any atom is 0.410 e. The molecule has 220 valence electrons. The molecule has 3 N–H and O–H groups in total. The number of hydrogen-bond donors (Lipinski definition) is 2. The Morgan fingerprint density at radius 1 is 1.07 bits per heavy atom. The second-order valence-electron chi connectivity index (χ2n) is 11.0. The minimum absolute atomic E-state index is 0.00734. The topological polar surface area (TPSA) is 129 Å². The number of aliphatic hydroxyl groups is 1. The van der Waals surface area contributed by atoms with Gasteiger partial charge in [0, 0.05) is 24.6 Å². The Hall–Kier alpha value is -3.96. The van der Waals surface area contributed by atoms with E-state index >= 15 is 0 Å². The molecule has 1 fully saturated rings. The number of aliphatic hydroxyl groups excluding tert-OH is 1. The summed E-state index contributed by atoms with van der Waals surface area (Å²) in [6.07, 6.45) is 1.16. The van der Waals surface area contributed by atoms with E-state index in [9.17, 15) is 19.1 Å². The highest BCUT2D eigenvalue weighted by Crippen LogP contribution is 2.35. The molecular weight excluding hydrogens is 531 g/mol. The number of piperidine rings is 1. The SMILES string of the molecule is COC(=O)c1c(-c2ccc(Oc3ccc(F)cc3)cc2)ncn1C(O)C(CN)C1CCN(C(=O)OC(C)(C)C)CC1. The zero-order valence-corrected chi connectivity index (χ0v) is 23.7. The molecule has 2 unspecified atom stereocenters. The Balaban J connectivity index is 1.51. The molecule has 0 aliphatic carbocycles. The van der Waals surface area contributed by atoms with Crippen molar-refractivity contribution in [2.24, 2.45) is 17.6 Å². The minimum atomic E-state index is -1.14. The summed E-state index contributed by atoms with van der Waals surface area (Å²) < 4.78 is 30.9. The molecule has 41 heavy (non-hydrogen) atoms. The summed E-state index contributed by atoms with van der Waals surface area (Å²) in [6.45, 7) is 6.61. The van der Waals surface area contributed by atoms with Gasteiger partial charge in [0.25, 0.3) is 0 Å². The molecule has 3 aromatic rings. The number of carbonyl (C=O) groups excluding carboxylic acids is 2. The van der Waals surface area contributed by atoms with Crippen molar-refractivity contribution in [3.05, 3.63) is 66.4 Å². The third-order valence-electron chi connectivity index (χ3n) is 7.09. The van der Waals surface area contributed by atoms with Gasteiger partial charge in [-0.05, 0) is 94.6 Å². The summed E-state index contributed by atoms with van der Waals surface area (Å²) >= 11 is 0. The van der Waals surface area contributed by atoms with Crippen LogP contribution in [0.2, 0.25) is 0 Å². The summed E-state index contributed by atoms with van der Waals surface area (Å²) in [5.74, 6) is -0.407. The van der Waals surface area contributed by atoms with Gasteiger partial charge in [-0.25, -0.2) is 19.0 Å². The number of likely N-dealkylation sites (tertiary alicyclic amines) is 1. The first kappa shape index (κ1) is 30.0. The lowest BCUT2D eigenvalue weighted by Gasteiger charge is -2.38. The number of ether oxygens (including phenoxy) is 3. The lowest BCUT2D eigenvalue weighted by atomic mass is 9.83. The Bertz CT molecular complexity index is 1330. The monoisotopic (exact) mass is 568 g/mol. The number of rotatable bonds is 8. The smallest absolute Gasteiger partial charge is 0.410 e. The van der Waals surface area contributed by atoms with Gasteiger partial charge in [-0.15, -0.1) is 0 Å². The van der Waals surface area contributed by atoms with E-state index in [-0.39, 0.29) is 30.1 Å². The van der Waals surface area contributed by atoms with Crippen LogP contribution in [0.5, 0.6) is 11.5 Å². The number of benzene rings is 2. The molecule has 10 nitrogen and oxygen atoms in total. The van der Waals surface area contributed by atoms with E-state index in [0.717, 1.165) is 0 Å². The van der Waals surface area contributed by atoms with Gasteiger partial charge < -0.3 is 30.0 Å². The van der Waals surface area contributed by atoms with Crippen LogP contribution >= 0.6 is 0 Å². The van der Waals surface area contributed by atoms with Crippen molar-refractivity contribution in [1.29, 1.82) is 0 Å². The van der Waals surface area contributed by atoms with E-state index in [1.165, 1.54) is 42.3 Å². The number of halogens is 1. The van der Waals surface area contributed by atoms with Crippen LogP contribution in [0.3, 0.4) is 0 Å². The molecule has 0 bridgehead atoms. The summed E-state index contributed by atoms with van der Waals surface area (Å²) in [5, 5.41) is 11.5. The highest BCUT2D eigenvalue weighted by atomic mass is 19.1. The summed E-state index contributed by atoms with van der Waals surface area (Å²) in [5.41, 5.74) is 6.59. The number of nitrogens with zero attached hydrogens (tertiary/aromatic N) is 3. The van der Waals surface area contributed by atoms with Crippen molar-refractivity contribution in [2.75, 3.05) is 26.7 Å². The molecule has 1 aliphatic rings. The number of aromatic nitrogens is 2. The van der Waals surface area contributed by atoms with Crippen molar-refractivity contribution in [3.8, 4) is 22.8 Å². The standard InChI is InChI=1S/C30H37FN4O6/c1-30(2,3)41-29(38)34-15-13-19(14-16-34)24(17-32)27(36)35-18-33-25(26(35)28(37)39-4)20-5-9-22(10-6-20)40-23-11-7-21(31)8-12-23/h5-12,18-19,24,27,36H,13-17,32H2,1-4H3. The lowest BCUT2D eigenvalue weighted by molar-refractivity contribution is -0.0125. The normalized spacial score (nSPS) is 15.7. The van der Waals surface area contributed by atoms with Gasteiger partial charge in [0.1, 0.15) is 34.8 Å². The zero-order valence-electron chi connectivity index (χ0n) is 23.7. The molecule has 0 spiro atoms. The fraction of sp³-hybridized carbons (Fsp3) is 0.433. The van der Waals surface area contributed by atoms with Crippen molar-refractivity contribution in [2.45, 2.75) is 45.4 Å². The maximum atomic E-state index is 13.2. The second-order valence-corrected chi connectivity index (χ2v) is 11.0. The van der Waals surface area contributed by atoms with Gasteiger partial charge >= 0.3 is 12.1 Å². The number of amides is 1. The molecule has 1 amide bonds. The third kappa shape index (κ3) is 7.22. The van der Waals surface area contributed by atoms with Crippen molar-refractivity contribution in [3.63, 3.8) is 0 Å². The predicted octanol–water partition coefficient (Wildman–Crippen LogP) is 4.98. The van der Waals surface area contributed by atoms with Crippen LogP contribution < -0.4 is 10.5 Å². The Kier molecular flexibility index (Phi) is 9.29. The van der Waals surface area contributed by atoms with E-state index < -0.39 is 23.7 Å². The third-order valence-corrected chi connectivity index (χ3v) is 7.09. The molecule has 0 saturated carbocycles. The van der Waals surface area contributed by atoms with Gasteiger partial charge in [-0.2, -0.15) is 0 Å². The maximum absolute atomic E-state index is 13.2. The van der Waals surface area contributed by atoms with Crippen LogP contribution in [0.4, 0.5) is 9.18 Å². The molecule has 1 saturated heterocycles. The van der Waals surface area contributed by atoms with Crippen molar-refractivity contribution in [1.82, 2.24) is 14.5 Å². The Morgan fingerprint density at radius 3 is 2.20 bits per heavy atom. The quantitative estimate of drug-likeness (QED) is 0.364. The molecular formula is C30H37FN4O6. The van der Waals surface area contributed by atoms with Crippen LogP contribution in [-0.2, 0) is 9.47 Å². The molecule has 2 aromatic carbocycles. The lowest BCUT2D eigenvalue weighted by Crippen LogP contribution is -2.45. The largest absolute Gasteiger partial charge is 0.464 e. The van der Waals surface area contributed by atoms with E-state index in [1.54, 1.807) is 29.2 Å². The van der Waals surface area contributed by atoms with E-state index in [1.807, 2.05) is 20.8 Å². The first-order valence-electron chi connectivity index (χ1n) is 13.6. The minimum Gasteiger partial charge on any atom is -0.464 e. The molecule has 2 heterocycles. The first-order valence-corrected chi connectivity index (χ1v) is 13.6. The summed E-state index contributed by atoms with van der Waals surface area (Å²) in [4.78, 5) is 31.5. The summed E-state index contributed by atoms with van der Waals surface area (Å²) in [7, 11) is 1.27. The number of methoxy groups -OCH3 is 1. The van der Waals surface area contributed by atoms with E-state index in [4.69, 9.17) is 19.9 Å². The van der Waals surface area contributed by atoms with Gasteiger partial charge in [0.05, 0.1) is 13.4 Å². The first-order chi connectivity index (χ1) is 19.5. The van der Waals surface area contributed by atoms with Crippen LogP contribution in [0, 0.1) is 17.7 Å². The summed E-state index contributed by atoms with van der Waals surface area (Å²) in [6, 6.07) is 12.5. The van der Waals surface area contributed by atoms with Crippen molar-refractivity contribution >= 4 is 12.1 Å². The number of nitrogens with two attached hydrogens (primary N) is 1. The zero-order chi connectivity index (χ0) is 29.7. The highest BCUT2D eigenvalue weighted by Gasteiger charge is 2.36. The van der Waals surface area contributed by atoms with E-state index in [0.29, 0.717) is 48.7 Å². The van der Waals surface area contributed by atoms with Crippen LogP contribution in [0.25, 0.3) is 11.3 Å². The molecule has 4 rings (SSSR count). The van der Waals surface area contributed by atoms with Crippen LogP contribution in [-0.4, -0.2) is 64.0 Å².